The van der Waals surface area contributed by atoms with Crippen LogP contribution in [-0.2, 0) is 16.4 Å². The minimum atomic E-state index is -4.55. The zero-order chi connectivity index (χ0) is 17.2. The number of nitrogens with two attached hydrogens (primary N) is 1. The molecule has 1 rings (SSSR count). The Morgan fingerprint density at radius 1 is 1.13 bits per heavy atom. The monoisotopic (exact) mass is 360 g/mol. The highest BCUT2D eigenvalue weighted by molar-refractivity contribution is 5.87. The first-order chi connectivity index (χ1) is 9.90. The Bertz CT molecular complexity index is 546. The van der Waals surface area contributed by atoms with Crippen LogP contribution in [0.1, 0.15) is 25.0 Å². The minimum Gasteiger partial charge on any atom is -0.349 e. The summed E-state index contributed by atoms with van der Waals surface area (Å²) in [5.41, 5.74) is 2.63. The fraction of sp³-hybridized carbons (Fsp3) is 0.500. The van der Waals surface area contributed by atoms with Gasteiger partial charge in [0.25, 0.3) is 5.92 Å². The summed E-state index contributed by atoms with van der Waals surface area (Å²) in [7, 11) is 0. The van der Waals surface area contributed by atoms with E-state index >= 15 is 0 Å². The van der Waals surface area contributed by atoms with Crippen LogP contribution >= 0.6 is 12.4 Å². The molecule has 0 saturated carbocycles. The average molecular weight is 361 g/mol. The van der Waals surface area contributed by atoms with Crippen molar-refractivity contribution in [2.75, 3.05) is 13.1 Å². The Labute approximate surface area is 136 Å². The summed E-state index contributed by atoms with van der Waals surface area (Å²) in [5.74, 6) is -4.07. The van der Waals surface area contributed by atoms with Crippen molar-refractivity contribution in [2.45, 2.75) is 31.4 Å². The topological polar surface area (TPSA) is 55.1 Å². The lowest BCUT2D eigenvalue weighted by Gasteiger charge is -2.26. The van der Waals surface area contributed by atoms with E-state index in [0.29, 0.717) is 0 Å². The van der Waals surface area contributed by atoms with Gasteiger partial charge in [0.15, 0.2) is 0 Å². The van der Waals surface area contributed by atoms with E-state index < -0.39 is 42.1 Å². The molecule has 0 aliphatic rings. The Morgan fingerprint density at radius 2 is 1.65 bits per heavy atom. The van der Waals surface area contributed by atoms with Gasteiger partial charge in [0.05, 0.1) is 24.1 Å². The summed E-state index contributed by atoms with van der Waals surface area (Å²) >= 11 is 0. The summed E-state index contributed by atoms with van der Waals surface area (Å²) in [5, 5.41) is 2.02. The second-order valence-electron chi connectivity index (χ2n) is 5.45. The molecule has 1 aromatic carbocycles. The number of nitrogens with one attached hydrogen (secondary N) is 1. The third kappa shape index (κ3) is 5.62. The van der Waals surface area contributed by atoms with Crippen LogP contribution in [0.4, 0.5) is 22.0 Å². The highest BCUT2D eigenvalue weighted by Gasteiger charge is 2.36. The van der Waals surface area contributed by atoms with Gasteiger partial charge in [-0.2, -0.15) is 13.2 Å². The molecular weight excluding hydrogens is 343 g/mol. The Kier molecular flexibility index (Phi) is 6.98. The van der Waals surface area contributed by atoms with Gasteiger partial charge in [0.2, 0.25) is 5.91 Å². The standard InChI is InChI=1S/C14H17F5N2O.ClH/c1-12(2,11(22)21-8-13(15,16)7-20)9-4-3-5-10(6-9)14(17,18)19;/h3-6H,7-8,20H2,1-2H3,(H,21,22);1H. The summed E-state index contributed by atoms with van der Waals surface area (Å²) in [6.07, 6.45) is -4.55. The predicted molar refractivity (Wildman–Crippen MR) is 78.7 cm³/mol. The van der Waals surface area contributed by atoms with Gasteiger partial charge < -0.3 is 11.1 Å². The molecule has 0 unspecified atom stereocenters. The number of halogens is 6. The van der Waals surface area contributed by atoms with Gasteiger partial charge in [-0.3, -0.25) is 4.79 Å². The highest BCUT2D eigenvalue weighted by Crippen LogP contribution is 2.33. The smallest absolute Gasteiger partial charge is 0.349 e. The fourth-order valence-corrected chi connectivity index (χ4v) is 1.72. The molecule has 9 heteroatoms. The molecule has 0 heterocycles. The van der Waals surface area contributed by atoms with Crippen LogP contribution in [0.2, 0.25) is 0 Å². The molecule has 0 spiro atoms. The van der Waals surface area contributed by atoms with Crippen LogP contribution in [0, 0.1) is 0 Å². The quantitative estimate of drug-likeness (QED) is 0.793. The first-order valence-electron chi connectivity index (χ1n) is 6.44. The number of benzene rings is 1. The zero-order valence-electron chi connectivity index (χ0n) is 12.5. The first kappa shape index (κ1) is 21.6. The number of hydrogen-bond donors (Lipinski definition) is 2. The molecule has 0 saturated heterocycles. The van der Waals surface area contributed by atoms with Crippen LogP contribution in [-0.4, -0.2) is 24.9 Å². The second kappa shape index (κ2) is 7.44. The number of carbonyl (C=O) groups is 1. The largest absolute Gasteiger partial charge is 0.416 e. The average Bonchev–Trinajstić information content (AvgIpc) is 2.44. The van der Waals surface area contributed by atoms with Crippen molar-refractivity contribution in [1.29, 1.82) is 0 Å². The normalized spacial score (nSPS) is 12.5. The van der Waals surface area contributed by atoms with Gasteiger partial charge in [0, 0.05) is 0 Å². The van der Waals surface area contributed by atoms with E-state index in [1.165, 1.54) is 26.0 Å². The molecule has 0 atom stereocenters. The molecule has 3 nitrogen and oxygen atoms in total. The van der Waals surface area contributed by atoms with Crippen molar-refractivity contribution in [2.24, 2.45) is 5.73 Å². The number of carbonyl (C=O) groups excluding carboxylic acids is 1. The van der Waals surface area contributed by atoms with Crippen molar-refractivity contribution in [3.63, 3.8) is 0 Å². The molecule has 132 valence electrons. The lowest BCUT2D eigenvalue weighted by molar-refractivity contribution is -0.138. The van der Waals surface area contributed by atoms with E-state index in [4.69, 9.17) is 5.73 Å². The van der Waals surface area contributed by atoms with Crippen molar-refractivity contribution < 1.29 is 26.7 Å². The van der Waals surface area contributed by atoms with E-state index in [-0.39, 0.29) is 18.0 Å². The SMILES string of the molecule is CC(C)(C(=O)NCC(F)(F)CN)c1cccc(C(F)(F)F)c1.Cl. The Hall–Kier alpha value is -1.41. The molecule has 0 fully saturated rings. The first-order valence-corrected chi connectivity index (χ1v) is 6.44. The zero-order valence-corrected chi connectivity index (χ0v) is 13.3. The van der Waals surface area contributed by atoms with Gasteiger partial charge in [-0.25, -0.2) is 8.78 Å². The summed E-state index contributed by atoms with van der Waals surface area (Å²) < 4.78 is 64.2. The molecule has 0 aliphatic carbocycles. The van der Waals surface area contributed by atoms with Gasteiger partial charge >= 0.3 is 6.18 Å². The molecule has 1 aromatic rings. The summed E-state index contributed by atoms with van der Waals surface area (Å²) in [4.78, 5) is 12.0. The number of amides is 1. The van der Waals surface area contributed by atoms with E-state index in [2.05, 4.69) is 0 Å². The summed E-state index contributed by atoms with van der Waals surface area (Å²) in [6, 6.07) is 4.22. The molecule has 0 aliphatic heterocycles. The Morgan fingerprint density at radius 3 is 2.13 bits per heavy atom. The maximum Gasteiger partial charge on any atom is 0.416 e. The van der Waals surface area contributed by atoms with Crippen LogP contribution < -0.4 is 11.1 Å². The minimum absolute atomic E-state index is 0. The van der Waals surface area contributed by atoms with E-state index in [1.54, 1.807) is 0 Å². The molecule has 3 N–H and O–H groups in total. The highest BCUT2D eigenvalue weighted by atomic mass is 35.5. The second-order valence-corrected chi connectivity index (χ2v) is 5.45. The number of alkyl halides is 5. The van der Waals surface area contributed by atoms with Gasteiger partial charge in [-0.1, -0.05) is 18.2 Å². The third-order valence-electron chi connectivity index (χ3n) is 3.29. The van der Waals surface area contributed by atoms with Crippen LogP contribution in [0.15, 0.2) is 24.3 Å². The maximum absolute atomic E-state index is 13.0. The molecule has 23 heavy (non-hydrogen) atoms. The molecule has 1 amide bonds. The van der Waals surface area contributed by atoms with Gasteiger partial charge in [-0.15, -0.1) is 12.4 Å². The Balaban J connectivity index is 0.00000484. The maximum atomic E-state index is 13.0. The van der Waals surface area contributed by atoms with Crippen molar-refractivity contribution in [1.82, 2.24) is 5.32 Å². The molecule has 0 radical (unpaired) electrons. The van der Waals surface area contributed by atoms with Gasteiger partial charge in [-0.05, 0) is 25.5 Å². The lowest BCUT2D eigenvalue weighted by atomic mass is 9.83. The lowest BCUT2D eigenvalue weighted by Crippen LogP contribution is -2.47. The summed E-state index contributed by atoms with van der Waals surface area (Å²) in [6.45, 7) is 0.818. The van der Waals surface area contributed by atoms with Crippen molar-refractivity contribution in [3.05, 3.63) is 35.4 Å². The van der Waals surface area contributed by atoms with Crippen molar-refractivity contribution >= 4 is 18.3 Å². The van der Waals surface area contributed by atoms with E-state index in [9.17, 15) is 26.7 Å². The van der Waals surface area contributed by atoms with E-state index in [0.717, 1.165) is 12.1 Å². The van der Waals surface area contributed by atoms with Crippen molar-refractivity contribution in [3.8, 4) is 0 Å². The van der Waals surface area contributed by atoms with Crippen LogP contribution in [0.3, 0.4) is 0 Å². The third-order valence-corrected chi connectivity index (χ3v) is 3.29. The fourth-order valence-electron chi connectivity index (χ4n) is 1.72. The number of rotatable bonds is 5. The van der Waals surface area contributed by atoms with E-state index in [1.807, 2.05) is 5.32 Å². The molecule has 0 aromatic heterocycles. The predicted octanol–water partition coefficient (Wildman–Crippen LogP) is 3.12. The molecule has 0 bridgehead atoms. The van der Waals surface area contributed by atoms with Gasteiger partial charge in [0.1, 0.15) is 0 Å². The van der Waals surface area contributed by atoms with Crippen LogP contribution in [0.5, 0.6) is 0 Å². The number of hydrogen-bond acceptors (Lipinski definition) is 2. The van der Waals surface area contributed by atoms with Crippen LogP contribution in [0.25, 0.3) is 0 Å². The molecular formula is C14H18ClF5N2O.